The molecule has 0 radical (unpaired) electrons. The Hall–Kier alpha value is -0.610. The highest BCUT2D eigenvalue weighted by molar-refractivity contribution is 6.21. The lowest BCUT2D eigenvalue weighted by Gasteiger charge is -2.38. The maximum atomic E-state index is 12.0. The number of likely N-dealkylation sites (tertiary alicyclic amines) is 2. The van der Waals surface area contributed by atoms with Gasteiger partial charge >= 0.3 is 0 Å². The second-order valence-corrected chi connectivity index (χ2v) is 5.75. The van der Waals surface area contributed by atoms with Crippen LogP contribution in [0.4, 0.5) is 0 Å². The van der Waals surface area contributed by atoms with E-state index in [9.17, 15) is 9.59 Å². The van der Waals surface area contributed by atoms with E-state index in [0.29, 0.717) is 0 Å². The van der Waals surface area contributed by atoms with Crippen LogP contribution in [-0.2, 0) is 9.59 Å². The summed E-state index contributed by atoms with van der Waals surface area (Å²) >= 11 is 6.41. The molecule has 0 saturated carbocycles. The summed E-state index contributed by atoms with van der Waals surface area (Å²) in [5.41, 5.74) is 0. The number of hydrogen-bond donors (Lipinski definition) is 0. The van der Waals surface area contributed by atoms with Crippen LogP contribution in [0, 0.1) is 5.92 Å². The third-order valence-electron chi connectivity index (χ3n) is 3.62. The fourth-order valence-corrected chi connectivity index (χ4v) is 2.85. The van der Waals surface area contributed by atoms with Gasteiger partial charge in [0.25, 0.3) is 0 Å². The van der Waals surface area contributed by atoms with Gasteiger partial charge in [0.15, 0.2) is 0 Å². The first-order chi connectivity index (χ1) is 8.85. The highest BCUT2D eigenvalue weighted by Gasteiger charge is 2.42. The molecule has 2 atom stereocenters. The Bertz CT molecular complexity index is 365. The Balaban J connectivity index is 2.33. The summed E-state index contributed by atoms with van der Waals surface area (Å²) in [5.74, 6) is -0.541. The zero-order valence-corrected chi connectivity index (χ0v) is 11.7. The molecule has 2 unspecified atom stereocenters. The zero-order valence-electron chi connectivity index (χ0n) is 12.0. The molecule has 2 aliphatic heterocycles. The van der Waals surface area contributed by atoms with Gasteiger partial charge in [-0.2, -0.15) is 0 Å². The first-order valence-electron chi connectivity index (χ1n) is 7.13. The number of imide groups is 1. The Labute approximate surface area is 115 Å². The summed E-state index contributed by atoms with van der Waals surface area (Å²) in [4.78, 5) is 27.2. The first-order valence-corrected chi connectivity index (χ1v) is 7.01. The van der Waals surface area contributed by atoms with E-state index in [2.05, 4.69) is 0 Å². The van der Waals surface area contributed by atoms with E-state index in [-0.39, 0.29) is 30.6 Å². The third-order valence-corrected chi connectivity index (χ3v) is 4.25. The molecule has 0 aliphatic carbocycles. The van der Waals surface area contributed by atoms with E-state index >= 15 is 0 Å². The number of hydrogen-bond acceptors (Lipinski definition) is 3. The molecule has 2 amide bonds. The summed E-state index contributed by atoms with van der Waals surface area (Å²) < 4.78 is 8.43. The standard InChI is InChI=1S/C13H21ClN2O2/c1-9(2)12(14)13(15-7-3-4-8-15)16-10(17)5-6-11(16)18/h9,12-13H,3-8H2,1-2H3/i12D. The van der Waals surface area contributed by atoms with E-state index in [4.69, 9.17) is 13.0 Å². The lowest BCUT2D eigenvalue weighted by molar-refractivity contribution is -0.145. The van der Waals surface area contributed by atoms with Crippen LogP contribution in [0.25, 0.3) is 0 Å². The van der Waals surface area contributed by atoms with Crippen LogP contribution in [0.2, 0.25) is 0 Å². The maximum absolute atomic E-state index is 12.0. The molecule has 18 heavy (non-hydrogen) atoms. The summed E-state index contributed by atoms with van der Waals surface area (Å²) in [5, 5.41) is -1.36. The molecule has 102 valence electrons. The monoisotopic (exact) mass is 273 g/mol. The molecule has 0 aromatic carbocycles. The zero-order chi connectivity index (χ0) is 14.2. The Kier molecular flexibility index (Phi) is 3.85. The second kappa shape index (κ2) is 5.57. The fourth-order valence-electron chi connectivity index (χ4n) is 2.61. The number of halogens is 1. The molecule has 0 aromatic heterocycles. The molecule has 0 bridgehead atoms. The van der Waals surface area contributed by atoms with Crippen LogP contribution >= 0.6 is 11.6 Å². The van der Waals surface area contributed by atoms with Crippen molar-refractivity contribution in [3.63, 3.8) is 0 Å². The molecule has 2 saturated heterocycles. The van der Waals surface area contributed by atoms with Crippen LogP contribution in [0.1, 0.15) is 40.9 Å². The van der Waals surface area contributed by atoms with Gasteiger partial charge in [-0.05, 0) is 18.8 Å². The molecular weight excluding hydrogens is 252 g/mol. The molecule has 0 N–H and O–H groups in total. The Morgan fingerprint density at radius 3 is 2.11 bits per heavy atom. The normalized spacial score (nSPS) is 27.8. The molecule has 2 fully saturated rings. The van der Waals surface area contributed by atoms with Gasteiger partial charge in [-0.25, -0.2) is 0 Å². The highest BCUT2D eigenvalue weighted by Crippen LogP contribution is 2.29. The number of nitrogens with zero attached hydrogens (tertiary/aromatic N) is 2. The van der Waals surface area contributed by atoms with E-state index < -0.39 is 11.5 Å². The molecule has 2 heterocycles. The average molecular weight is 274 g/mol. The average Bonchev–Trinajstić information content (AvgIpc) is 2.94. The number of amides is 2. The molecule has 0 spiro atoms. The first kappa shape index (κ1) is 12.4. The molecule has 5 heteroatoms. The number of carbonyl (C=O) groups excluding carboxylic acids is 2. The Morgan fingerprint density at radius 2 is 1.67 bits per heavy atom. The summed E-state index contributed by atoms with van der Waals surface area (Å²) in [7, 11) is 0. The van der Waals surface area contributed by atoms with Crippen molar-refractivity contribution in [2.75, 3.05) is 13.1 Å². The van der Waals surface area contributed by atoms with Gasteiger partial charge in [0.1, 0.15) is 6.17 Å². The quantitative estimate of drug-likeness (QED) is 0.580. The number of alkyl halides is 1. The SMILES string of the molecule is [2H]C(Cl)(C(C)C)C(N1CCCC1)N1C(=O)CCC1=O. The summed E-state index contributed by atoms with van der Waals surface area (Å²) in [6.45, 7) is 5.30. The van der Waals surface area contributed by atoms with E-state index in [1.807, 2.05) is 18.7 Å². The summed E-state index contributed by atoms with van der Waals surface area (Å²) in [6.07, 6.45) is 1.90. The van der Waals surface area contributed by atoms with Crippen molar-refractivity contribution in [1.29, 1.82) is 0 Å². The van der Waals surface area contributed by atoms with Gasteiger partial charge in [0, 0.05) is 25.9 Å². The van der Waals surface area contributed by atoms with Crippen molar-refractivity contribution < 1.29 is 11.0 Å². The van der Waals surface area contributed by atoms with Gasteiger partial charge < -0.3 is 0 Å². The molecular formula is C13H21ClN2O2. The van der Waals surface area contributed by atoms with Crippen molar-refractivity contribution in [3.8, 4) is 0 Å². The predicted octanol–water partition coefficient (Wildman–Crippen LogP) is 1.82. The van der Waals surface area contributed by atoms with Crippen LogP contribution in [0.3, 0.4) is 0 Å². The van der Waals surface area contributed by atoms with Crippen LogP contribution in [0.15, 0.2) is 0 Å². The van der Waals surface area contributed by atoms with Crippen molar-refractivity contribution in [1.82, 2.24) is 9.80 Å². The largest absolute Gasteiger partial charge is 0.282 e. The number of rotatable bonds is 4. The minimum atomic E-state index is -1.36. The van der Waals surface area contributed by atoms with Gasteiger partial charge in [0.2, 0.25) is 11.8 Å². The third kappa shape index (κ3) is 2.54. The topological polar surface area (TPSA) is 40.6 Å². The molecule has 4 nitrogen and oxygen atoms in total. The maximum Gasteiger partial charge on any atom is 0.231 e. The summed E-state index contributed by atoms with van der Waals surface area (Å²) in [6, 6.07) is 0. The van der Waals surface area contributed by atoms with Crippen LogP contribution in [-0.4, -0.2) is 46.2 Å². The number of carbonyl (C=O) groups is 2. The van der Waals surface area contributed by atoms with E-state index in [1.165, 1.54) is 4.90 Å². The van der Waals surface area contributed by atoms with Gasteiger partial charge in [-0.15, -0.1) is 11.6 Å². The van der Waals surface area contributed by atoms with Crippen molar-refractivity contribution >= 4 is 23.4 Å². The lowest BCUT2D eigenvalue weighted by atomic mass is 10.1. The van der Waals surface area contributed by atoms with Gasteiger partial charge in [-0.1, -0.05) is 13.8 Å². The molecule has 0 aromatic rings. The van der Waals surface area contributed by atoms with Crippen molar-refractivity contribution in [2.45, 2.75) is 51.0 Å². The lowest BCUT2D eigenvalue weighted by Crippen LogP contribution is -2.55. The van der Waals surface area contributed by atoms with Crippen LogP contribution in [0.5, 0.6) is 0 Å². The van der Waals surface area contributed by atoms with Gasteiger partial charge in [0.05, 0.1) is 6.72 Å². The van der Waals surface area contributed by atoms with E-state index in [0.717, 1.165) is 25.9 Å². The molecule has 2 aliphatic rings. The van der Waals surface area contributed by atoms with Crippen LogP contribution < -0.4 is 0 Å². The minimum absolute atomic E-state index is 0.152. The smallest absolute Gasteiger partial charge is 0.231 e. The highest BCUT2D eigenvalue weighted by atomic mass is 35.5. The van der Waals surface area contributed by atoms with Crippen molar-refractivity contribution in [2.24, 2.45) is 5.92 Å². The van der Waals surface area contributed by atoms with E-state index in [1.54, 1.807) is 0 Å². The second-order valence-electron chi connectivity index (χ2n) is 5.31. The fraction of sp³-hybridized carbons (Fsp3) is 0.846. The van der Waals surface area contributed by atoms with Crippen molar-refractivity contribution in [3.05, 3.63) is 0 Å². The Morgan fingerprint density at radius 1 is 1.17 bits per heavy atom. The van der Waals surface area contributed by atoms with Gasteiger partial charge in [-0.3, -0.25) is 19.4 Å². The minimum Gasteiger partial charge on any atom is -0.282 e. The predicted molar refractivity (Wildman–Crippen MR) is 70.2 cm³/mol. The molecule has 2 rings (SSSR count).